The lowest BCUT2D eigenvalue weighted by Gasteiger charge is -2.32. The van der Waals surface area contributed by atoms with Crippen LogP contribution in [-0.4, -0.2) is 43.5 Å². The van der Waals surface area contributed by atoms with Gasteiger partial charge in [-0.15, -0.1) is 0 Å². The topological polar surface area (TPSA) is 130 Å². The SMILES string of the molecule is CC(NC(=O)NC1CCN(c2ncccn2)CC1)c1cccc(S(N)(=O)=O)c1. The number of hydrogen-bond donors (Lipinski definition) is 3. The van der Waals surface area contributed by atoms with E-state index < -0.39 is 10.0 Å². The van der Waals surface area contributed by atoms with Crippen molar-refractivity contribution < 1.29 is 13.2 Å². The Bertz CT molecular complexity index is 914. The standard InChI is InChI=1S/C18H24N6O3S/c1-13(14-4-2-5-16(12-14)28(19,26)27)22-18(25)23-15-6-10-24(11-7-15)17-20-8-3-9-21-17/h2-5,8-9,12-13,15H,6-7,10-11H2,1H3,(H2,19,26,27)(H2,22,23,25). The number of nitrogens with one attached hydrogen (secondary N) is 2. The van der Waals surface area contributed by atoms with Gasteiger partial charge in [0.25, 0.3) is 0 Å². The highest BCUT2D eigenvalue weighted by atomic mass is 32.2. The van der Waals surface area contributed by atoms with Gasteiger partial charge in [-0.05, 0) is 43.5 Å². The van der Waals surface area contributed by atoms with Crippen molar-refractivity contribution in [3.8, 4) is 0 Å². The summed E-state index contributed by atoms with van der Waals surface area (Å²) in [6, 6.07) is 7.44. The highest BCUT2D eigenvalue weighted by Crippen LogP contribution is 2.18. The van der Waals surface area contributed by atoms with Gasteiger partial charge in [0.15, 0.2) is 0 Å². The number of urea groups is 1. The summed E-state index contributed by atoms with van der Waals surface area (Å²) in [6.07, 6.45) is 5.01. The number of anilines is 1. The average Bonchev–Trinajstić information content (AvgIpc) is 2.68. The van der Waals surface area contributed by atoms with Crippen LogP contribution in [0.2, 0.25) is 0 Å². The van der Waals surface area contributed by atoms with Crippen LogP contribution in [0, 0.1) is 0 Å². The molecule has 1 unspecified atom stereocenters. The van der Waals surface area contributed by atoms with E-state index in [9.17, 15) is 13.2 Å². The van der Waals surface area contributed by atoms with E-state index in [2.05, 4.69) is 25.5 Å². The van der Waals surface area contributed by atoms with Gasteiger partial charge in [-0.2, -0.15) is 0 Å². The molecule has 10 heteroatoms. The minimum absolute atomic E-state index is 0.0227. The first kappa shape index (κ1) is 20.0. The van der Waals surface area contributed by atoms with Gasteiger partial charge in [-0.3, -0.25) is 0 Å². The summed E-state index contributed by atoms with van der Waals surface area (Å²) >= 11 is 0. The van der Waals surface area contributed by atoms with E-state index in [1.807, 2.05) is 0 Å². The highest BCUT2D eigenvalue weighted by Gasteiger charge is 2.22. The molecule has 1 atom stereocenters. The molecule has 28 heavy (non-hydrogen) atoms. The van der Waals surface area contributed by atoms with E-state index in [-0.39, 0.29) is 23.0 Å². The molecule has 9 nitrogen and oxygen atoms in total. The van der Waals surface area contributed by atoms with Crippen molar-refractivity contribution in [3.05, 3.63) is 48.3 Å². The molecule has 1 aliphatic heterocycles. The number of carbonyl (C=O) groups is 1. The van der Waals surface area contributed by atoms with E-state index in [0.717, 1.165) is 25.9 Å². The third-order valence-corrected chi connectivity index (χ3v) is 5.61. The minimum Gasteiger partial charge on any atom is -0.341 e. The van der Waals surface area contributed by atoms with Crippen LogP contribution < -0.4 is 20.7 Å². The lowest BCUT2D eigenvalue weighted by Crippen LogP contribution is -2.48. The van der Waals surface area contributed by atoms with Crippen molar-refractivity contribution >= 4 is 22.0 Å². The lowest BCUT2D eigenvalue weighted by atomic mass is 10.1. The molecule has 1 aliphatic rings. The number of carbonyl (C=O) groups excluding carboxylic acids is 1. The number of hydrogen-bond acceptors (Lipinski definition) is 6. The van der Waals surface area contributed by atoms with E-state index in [1.54, 1.807) is 37.5 Å². The first-order valence-corrected chi connectivity index (χ1v) is 10.6. The zero-order valence-corrected chi connectivity index (χ0v) is 16.4. The zero-order chi connectivity index (χ0) is 20.1. The predicted molar refractivity (Wildman–Crippen MR) is 105 cm³/mol. The maximum Gasteiger partial charge on any atom is 0.315 e. The summed E-state index contributed by atoms with van der Waals surface area (Å²) in [6.45, 7) is 3.32. The number of sulfonamides is 1. The Labute approximate surface area is 164 Å². The van der Waals surface area contributed by atoms with Crippen LogP contribution in [0.5, 0.6) is 0 Å². The van der Waals surface area contributed by atoms with E-state index in [0.29, 0.717) is 11.5 Å². The Morgan fingerprint density at radius 3 is 2.54 bits per heavy atom. The maximum atomic E-state index is 12.3. The number of nitrogens with zero attached hydrogens (tertiary/aromatic N) is 3. The summed E-state index contributed by atoms with van der Waals surface area (Å²) < 4.78 is 23.0. The number of aromatic nitrogens is 2. The zero-order valence-electron chi connectivity index (χ0n) is 15.6. The molecule has 0 aliphatic carbocycles. The summed E-state index contributed by atoms with van der Waals surface area (Å²) in [5.41, 5.74) is 0.665. The Morgan fingerprint density at radius 2 is 1.89 bits per heavy atom. The molecule has 0 bridgehead atoms. The molecule has 3 rings (SSSR count). The molecule has 0 saturated carbocycles. The molecule has 1 saturated heterocycles. The Hall–Kier alpha value is -2.72. The van der Waals surface area contributed by atoms with Crippen LogP contribution >= 0.6 is 0 Å². The summed E-state index contributed by atoms with van der Waals surface area (Å²) in [7, 11) is -3.78. The van der Waals surface area contributed by atoms with Crippen LogP contribution in [0.15, 0.2) is 47.6 Å². The molecular weight excluding hydrogens is 380 g/mol. The molecule has 1 aromatic heterocycles. The predicted octanol–water partition coefficient (Wildman–Crippen LogP) is 1.15. The molecule has 0 radical (unpaired) electrons. The quantitative estimate of drug-likeness (QED) is 0.685. The molecule has 2 amide bonds. The largest absolute Gasteiger partial charge is 0.341 e. The van der Waals surface area contributed by atoms with E-state index in [1.165, 1.54) is 12.1 Å². The van der Waals surface area contributed by atoms with Crippen molar-refractivity contribution in [1.29, 1.82) is 0 Å². The molecule has 4 N–H and O–H groups in total. The van der Waals surface area contributed by atoms with Crippen LogP contribution in [-0.2, 0) is 10.0 Å². The summed E-state index contributed by atoms with van der Waals surface area (Å²) in [5, 5.41) is 11.0. The van der Waals surface area contributed by atoms with Gasteiger partial charge >= 0.3 is 6.03 Å². The Balaban J connectivity index is 1.51. The van der Waals surface area contributed by atoms with Gasteiger partial charge in [-0.1, -0.05) is 12.1 Å². The second kappa shape index (κ2) is 8.53. The van der Waals surface area contributed by atoms with Gasteiger partial charge in [-0.25, -0.2) is 28.3 Å². The van der Waals surface area contributed by atoms with Gasteiger partial charge in [0.1, 0.15) is 0 Å². The fourth-order valence-electron chi connectivity index (χ4n) is 3.15. The van der Waals surface area contributed by atoms with Crippen molar-refractivity contribution in [2.24, 2.45) is 5.14 Å². The molecule has 150 valence electrons. The second-order valence-corrected chi connectivity index (χ2v) is 8.33. The fraction of sp³-hybridized carbons (Fsp3) is 0.389. The Kier molecular flexibility index (Phi) is 6.10. The normalized spacial score (nSPS) is 16.4. The van der Waals surface area contributed by atoms with Gasteiger partial charge in [0.05, 0.1) is 10.9 Å². The smallest absolute Gasteiger partial charge is 0.315 e. The first-order chi connectivity index (χ1) is 13.3. The van der Waals surface area contributed by atoms with Crippen LogP contribution in [0.25, 0.3) is 0 Å². The molecule has 0 spiro atoms. The van der Waals surface area contributed by atoms with Crippen molar-refractivity contribution in [3.63, 3.8) is 0 Å². The monoisotopic (exact) mass is 404 g/mol. The third-order valence-electron chi connectivity index (χ3n) is 4.70. The van der Waals surface area contributed by atoms with E-state index >= 15 is 0 Å². The van der Waals surface area contributed by atoms with Crippen LogP contribution in [0.1, 0.15) is 31.4 Å². The van der Waals surface area contributed by atoms with Crippen LogP contribution in [0.4, 0.5) is 10.7 Å². The second-order valence-electron chi connectivity index (χ2n) is 6.77. The number of nitrogens with two attached hydrogens (primary N) is 1. The minimum atomic E-state index is -3.78. The van der Waals surface area contributed by atoms with Crippen molar-refractivity contribution in [2.75, 3.05) is 18.0 Å². The summed E-state index contributed by atoms with van der Waals surface area (Å²) in [5.74, 6) is 0.703. The van der Waals surface area contributed by atoms with Crippen LogP contribution in [0.3, 0.4) is 0 Å². The lowest BCUT2D eigenvalue weighted by molar-refractivity contribution is 0.231. The third kappa shape index (κ3) is 5.17. The Morgan fingerprint density at radius 1 is 1.21 bits per heavy atom. The number of primary sulfonamides is 1. The molecular formula is C18H24N6O3S. The van der Waals surface area contributed by atoms with Gasteiger partial charge in [0.2, 0.25) is 16.0 Å². The van der Waals surface area contributed by atoms with Crippen molar-refractivity contribution in [2.45, 2.75) is 36.7 Å². The number of piperidine rings is 1. The average molecular weight is 404 g/mol. The molecule has 1 aromatic carbocycles. The fourth-order valence-corrected chi connectivity index (χ4v) is 3.71. The molecule has 2 aromatic rings. The highest BCUT2D eigenvalue weighted by molar-refractivity contribution is 7.89. The molecule has 2 heterocycles. The van der Waals surface area contributed by atoms with Crippen molar-refractivity contribution in [1.82, 2.24) is 20.6 Å². The number of benzene rings is 1. The van der Waals surface area contributed by atoms with Gasteiger partial charge in [0, 0.05) is 31.5 Å². The number of amides is 2. The summed E-state index contributed by atoms with van der Waals surface area (Å²) in [4.78, 5) is 22.9. The molecule has 1 fully saturated rings. The van der Waals surface area contributed by atoms with E-state index in [4.69, 9.17) is 5.14 Å². The van der Waals surface area contributed by atoms with Gasteiger partial charge < -0.3 is 15.5 Å². The maximum absolute atomic E-state index is 12.3. The number of rotatable bonds is 5. The first-order valence-electron chi connectivity index (χ1n) is 9.04.